The van der Waals surface area contributed by atoms with Crippen molar-refractivity contribution in [2.45, 2.75) is 324 Å². The van der Waals surface area contributed by atoms with Crippen molar-refractivity contribution in [1.29, 1.82) is 5.59 Å². The Balaban J connectivity index is -0.00000606. The van der Waals surface area contributed by atoms with E-state index in [-0.39, 0.29) is 33.6 Å². The summed E-state index contributed by atoms with van der Waals surface area (Å²) in [5, 5.41) is 2.94. The predicted octanol–water partition coefficient (Wildman–Crippen LogP) is 21.4. The highest BCUT2D eigenvalue weighted by Gasteiger charge is 2.39. The van der Waals surface area contributed by atoms with Crippen molar-refractivity contribution in [2.75, 3.05) is 33.9 Å². The summed E-state index contributed by atoms with van der Waals surface area (Å²) in [4.78, 5) is 41.4. The number of carbonyl (C=O) groups is 3. The van der Waals surface area contributed by atoms with Crippen LogP contribution in [0.15, 0.2) is 24.3 Å². The summed E-state index contributed by atoms with van der Waals surface area (Å²) in [6, 6.07) is 0. The quantitative estimate of drug-likeness (QED) is 0.0202. The Labute approximate surface area is 498 Å². The molecule has 80 heavy (non-hydrogen) atoms. The molecule has 0 unspecified atom stereocenters. The van der Waals surface area contributed by atoms with Crippen LogP contribution in [-0.2, 0) is 28.6 Å². The lowest BCUT2D eigenvalue weighted by molar-refractivity contribution is -0.145. The van der Waals surface area contributed by atoms with E-state index in [0.29, 0.717) is 72.1 Å². The maximum Gasteiger partial charge on any atom is 0.305 e. The number of hydrogen-bond donors (Lipinski definition) is 2. The molecule has 0 spiro atoms. The van der Waals surface area contributed by atoms with Crippen LogP contribution < -0.4 is 5.32 Å². The number of hydrogen-bond acceptors (Lipinski definition) is 9. The number of methoxy groups -OCH3 is 1. The molecule has 9 nitrogen and oxygen atoms in total. The molecular weight excluding hydrogens is 993 g/mol. The molecule has 0 aromatic heterocycles. The maximum atomic E-state index is 12.1. The minimum atomic E-state index is -0.0472. The number of nitroso groups, excluding NO2 is 1. The van der Waals surface area contributed by atoms with Crippen LogP contribution in [0.2, 0.25) is 0 Å². The predicted molar refractivity (Wildman–Crippen MR) is 346 cm³/mol. The van der Waals surface area contributed by atoms with Gasteiger partial charge in [0.25, 0.3) is 0 Å². The molecule has 0 aromatic rings. The summed E-state index contributed by atoms with van der Waals surface area (Å²) in [6.45, 7) is 49.4. The Morgan fingerprint density at radius 3 is 1.01 bits per heavy atom. The molecule has 2 N–H and O–H groups in total. The van der Waals surface area contributed by atoms with Crippen LogP contribution in [0.5, 0.6) is 0 Å². The first-order valence-corrected chi connectivity index (χ1v) is 32.5. The van der Waals surface area contributed by atoms with Crippen LogP contribution in [0.4, 0.5) is 0 Å². The molecule has 0 aliphatic heterocycles. The summed E-state index contributed by atoms with van der Waals surface area (Å²) < 4.78 is 16.8. The molecule has 0 aliphatic rings. The lowest BCUT2D eigenvalue weighted by atomic mass is 9.63. The van der Waals surface area contributed by atoms with Gasteiger partial charge in [0.05, 0.1) is 19.3 Å². The number of carbonyl (C=O) groups excluding carboxylic acids is 3. The number of rotatable bonds is 47. The van der Waals surface area contributed by atoms with Gasteiger partial charge in [-0.15, -0.1) is 0 Å². The molecule has 0 rings (SSSR count). The average molecular weight is 1130 g/mol. The van der Waals surface area contributed by atoms with Gasteiger partial charge < -0.3 is 24.3 Å². The van der Waals surface area contributed by atoms with Gasteiger partial charge >= 0.3 is 11.9 Å². The van der Waals surface area contributed by atoms with Crippen molar-refractivity contribution in [1.82, 2.24) is 5.32 Å². The van der Waals surface area contributed by atoms with Gasteiger partial charge in [0.2, 0.25) is 0 Å². The Morgan fingerprint density at radius 2 is 0.713 bits per heavy atom. The molecule has 0 radical (unpaired) electrons. The first kappa shape index (κ1) is 81.8. The molecule has 0 saturated carbocycles. The molecule has 474 valence electrons. The highest BCUT2D eigenvalue weighted by molar-refractivity contribution is 5.69. The van der Waals surface area contributed by atoms with Gasteiger partial charge in [-0.25, -0.2) is 0 Å². The van der Waals surface area contributed by atoms with Crippen LogP contribution in [0.1, 0.15) is 318 Å². The van der Waals surface area contributed by atoms with E-state index in [1.807, 2.05) is 14.2 Å². The number of ether oxygens (including phenoxy) is 3. The topological polar surface area (TPSA) is 132 Å². The molecule has 0 aromatic carbocycles. The molecule has 0 aliphatic carbocycles. The fourth-order valence-corrected chi connectivity index (χ4v) is 10.4. The van der Waals surface area contributed by atoms with Gasteiger partial charge in [0, 0.05) is 26.4 Å². The van der Waals surface area contributed by atoms with Gasteiger partial charge in [0.15, 0.2) is 0 Å². The van der Waals surface area contributed by atoms with E-state index in [9.17, 15) is 14.4 Å². The highest BCUT2D eigenvalue weighted by Crippen LogP contribution is 2.49. The van der Waals surface area contributed by atoms with Gasteiger partial charge in [-0.2, -0.15) is 4.91 Å². The van der Waals surface area contributed by atoms with E-state index in [1.54, 1.807) is 0 Å². The summed E-state index contributed by atoms with van der Waals surface area (Å²) in [5.41, 5.74) is 6.53. The zero-order valence-corrected chi connectivity index (χ0v) is 57.4. The second-order valence-corrected chi connectivity index (χ2v) is 30.2. The van der Waals surface area contributed by atoms with Gasteiger partial charge in [0.1, 0.15) is 6.29 Å². The van der Waals surface area contributed by atoms with Crippen molar-refractivity contribution in [3.63, 3.8) is 0 Å². The number of aldehydes is 1. The minimum Gasteiger partial charge on any atom is -0.465 e. The summed E-state index contributed by atoms with van der Waals surface area (Å²) in [7, 11) is 3.80. The van der Waals surface area contributed by atoms with Gasteiger partial charge in [-0.05, 0) is 191 Å². The monoisotopic (exact) mass is 1130 g/mol. The van der Waals surface area contributed by atoms with Crippen molar-refractivity contribution in [3.8, 4) is 0 Å². The first-order chi connectivity index (χ1) is 37.1. The SMILES string of the molecule is CNCCCC=O.COC(CCCCCC(C)(C)C(C)(C)CC/C=C\CCCC(C)(C)C(C)(C)CCCC(=O)OCC(C)C)CCCCCC(C)(C)C(C)(C)CC/C=C\CCCC(C)(C)C(C)(C)CCCC(=O)OCC(C)C.N=O. The second-order valence-electron chi connectivity index (χ2n) is 30.2. The standard InChI is InChI=1S/C66H126O5.C5H11NO.HNO/c1-54(2)52-70-57(67)42-38-50-65(17,18)63(13,14)46-34-26-22-24-32-44-59(5,6)61(9,10)48-36-28-30-40-56(69-21)41-31-29-37-49-62(11,12)60(7,8)45-33-25-23-27-35-47-64(15,16)66(19,20)51-39-43-58(68)71-53-55(3)4;1-6-4-2-3-5-7;1-2/h22-25,54-56H,26-53H2,1-21H3;5-6H,2-4H2,1H3;1H/b24-22-,25-23-;;. The number of nitrogens with one attached hydrogen (secondary N) is 2. The van der Waals surface area contributed by atoms with Crippen LogP contribution in [0.3, 0.4) is 0 Å². The molecule has 0 bridgehead atoms. The average Bonchev–Trinajstić information content (AvgIpc) is 3.36. The van der Waals surface area contributed by atoms with E-state index < -0.39 is 0 Å². The largest absolute Gasteiger partial charge is 0.465 e. The molecule has 0 saturated heterocycles. The van der Waals surface area contributed by atoms with Gasteiger partial charge in [-0.1, -0.05) is 207 Å². The van der Waals surface area contributed by atoms with E-state index in [1.165, 1.54) is 103 Å². The smallest absolute Gasteiger partial charge is 0.305 e. The third-order valence-electron chi connectivity index (χ3n) is 20.1. The fourth-order valence-electron chi connectivity index (χ4n) is 10.4. The molecular formula is C71H138N2O7. The first-order valence-electron chi connectivity index (χ1n) is 32.5. The Hall–Kier alpha value is -2.39. The lowest BCUT2D eigenvalue weighted by Gasteiger charge is -2.42. The summed E-state index contributed by atoms with van der Waals surface area (Å²) >= 11 is 0. The fraction of sp³-hybridized carbons (Fsp3) is 0.901. The number of allylic oxidation sites excluding steroid dienone is 4. The molecule has 0 fully saturated rings. The highest BCUT2D eigenvalue weighted by atomic mass is 16.5. The van der Waals surface area contributed by atoms with Crippen LogP contribution >= 0.6 is 0 Å². The minimum absolute atomic E-state index is 0.0472. The number of esters is 2. The van der Waals surface area contributed by atoms with Crippen LogP contribution in [0.25, 0.3) is 0 Å². The van der Waals surface area contributed by atoms with E-state index in [0.717, 1.165) is 70.6 Å². The molecule has 0 heterocycles. The Morgan fingerprint density at radius 1 is 0.412 bits per heavy atom. The second kappa shape index (κ2) is 43.3. The van der Waals surface area contributed by atoms with E-state index >= 15 is 0 Å². The zero-order valence-electron chi connectivity index (χ0n) is 57.4. The van der Waals surface area contributed by atoms with E-state index in [2.05, 4.69) is 174 Å². The molecule has 0 atom stereocenters. The number of unbranched alkanes of at least 4 members (excludes halogenated alkanes) is 7. The van der Waals surface area contributed by atoms with Crippen molar-refractivity contribution in [2.24, 2.45) is 55.2 Å². The molecule has 0 amide bonds. The van der Waals surface area contributed by atoms with Crippen LogP contribution in [-0.4, -0.2) is 58.2 Å². The molecule has 9 heteroatoms. The maximum absolute atomic E-state index is 12.1. The summed E-state index contributed by atoms with van der Waals surface area (Å²) in [6.07, 6.45) is 42.3. The van der Waals surface area contributed by atoms with Crippen molar-refractivity contribution in [3.05, 3.63) is 29.2 Å². The lowest BCUT2D eigenvalue weighted by Crippen LogP contribution is -2.32. The summed E-state index contributed by atoms with van der Waals surface area (Å²) in [5.74, 6) is 0.684. The Kier molecular flexibility index (Phi) is 44.3. The van der Waals surface area contributed by atoms with Crippen molar-refractivity contribution < 1.29 is 28.6 Å². The Bertz CT molecular complexity index is 1510. The van der Waals surface area contributed by atoms with Crippen molar-refractivity contribution >= 4 is 18.2 Å². The van der Waals surface area contributed by atoms with Crippen LogP contribution in [0, 0.1) is 65.7 Å². The van der Waals surface area contributed by atoms with Gasteiger partial charge in [-0.3, -0.25) is 9.59 Å². The third-order valence-corrected chi connectivity index (χ3v) is 20.1. The zero-order chi connectivity index (χ0) is 62.2. The van der Waals surface area contributed by atoms with E-state index in [4.69, 9.17) is 19.1 Å². The normalized spacial score (nSPS) is 13.3. The third kappa shape index (κ3) is 37.7.